The van der Waals surface area contributed by atoms with Crippen molar-refractivity contribution in [2.45, 2.75) is 52.4 Å². The fraction of sp³-hybridized carbons (Fsp3) is 0.667. The molecule has 2 N–H and O–H groups in total. The SMILES string of the molecule is CCC(CC)(CNC(=NC)NCC(C)(C)CCS(C)(=O)=O)c1ccccc1. The second-order valence-electron chi connectivity index (χ2n) is 8.18. The van der Waals surface area contributed by atoms with E-state index in [0.29, 0.717) is 13.0 Å². The summed E-state index contributed by atoms with van der Waals surface area (Å²) in [5, 5.41) is 6.84. The largest absolute Gasteiger partial charge is 0.356 e. The molecule has 6 heteroatoms. The van der Waals surface area contributed by atoms with Gasteiger partial charge in [-0.1, -0.05) is 58.0 Å². The van der Waals surface area contributed by atoms with Crippen LogP contribution in [0.5, 0.6) is 0 Å². The van der Waals surface area contributed by atoms with Gasteiger partial charge in [-0.3, -0.25) is 4.99 Å². The van der Waals surface area contributed by atoms with Crippen molar-refractivity contribution in [3.63, 3.8) is 0 Å². The lowest BCUT2D eigenvalue weighted by atomic mass is 9.76. The summed E-state index contributed by atoms with van der Waals surface area (Å²) < 4.78 is 22.9. The fourth-order valence-electron chi connectivity index (χ4n) is 3.15. The van der Waals surface area contributed by atoms with E-state index >= 15 is 0 Å². The molecule has 0 radical (unpaired) electrons. The van der Waals surface area contributed by atoms with Crippen LogP contribution in [-0.4, -0.2) is 46.5 Å². The minimum Gasteiger partial charge on any atom is -0.356 e. The van der Waals surface area contributed by atoms with Crippen LogP contribution < -0.4 is 10.6 Å². The van der Waals surface area contributed by atoms with Crippen LogP contribution in [0.2, 0.25) is 0 Å². The van der Waals surface area contributed by atoms with Crippen LogP contribution in [0.4, 0.5) is 0 Å². The highest BCUT2D eigenvalue weighted by Crippen LogP contribution is 2.30. The standard InChI is InChI=1S/C21H37N3O2S/c1-7-21(8-2,18-12-10-9-11-13-18)17-24-19(22-5)23-16-20(3,4)14-15-27(6,25)26/h9-13H,7-8,14-17H2,1-6H3,(H2,22,23,24). The maximum atomic E-state index is 11.4. The molecular weight excluding hydrogens is 358 g/mol. The highest BCUT2D eigenvalue weighted by atomic mass is 32.2. The summed E-state index contributed by atoms with van der Waals surface area (Å²) in [6.07, 6.45) is 3.98. The Kier molecular flexibility index (Phi) is 8.79. The van der Waals surface area contributed by atoms with Crippen molar-refractivity contribution in [3.05, 3.63) is 35.9 Å². The van der Waals surface area contributed by atoms with Gasteiger partial charge in [0.05, 0.1) is 5.75 Å². The van der Waals surface area contributed by atoms with Crippen LogP contribution in [0.25, 0.3) is 0 Å². The van der Waals surface area contributed by atoms with Crippen LogP contribution in [0, 0.1) is 5.41 Å². The minimum atomic E-state index is -2.94. The molecule has 0 saturated carbocycles. The molecule has 0 bridgehead atoms. The number of nitrogens with one attached hydrogen (secondary N) is 2. The Morgan fingerprint density at radius 1 is 1.04 bits per heavy atom. The molecule has 5 nitrogen and oxygen atoms in total. The van der Waals surface area contributed by atoms with E-state index in [2.05, 4.69) is 67.6 Å². The van der Waals surface area contributed by atoms with Crippen LogP contribution in [-0.2, 0) is 15.3 Å². The number of guanidine groups is 1. The monoisotopic (exact) mass is 395 g/mol. The van der Waals surface area contributed by atoms with Crippen LogP contribution >= 0.6 is 0 Å². The predicted molar refractivity (Wildman–Crippen MR) is 116 cm³/mol. The van der Waals surface area contributed by atoms with E-state index in [-0.39, 0.29) is 16.6 Å². The lowest BCUT2D eigenvalue weighted by Crippen LogP contribution is -2.47. The molecule has 1 rings (SSSR count). The lowest BCUT2D eigenvalue weighted by Gasteiger charge is -2.34. The van der Waals surface area contributed by atoms with E-state index in [0.717, 1.165) is 25.3 Å². The van der Waals surface area contributed by atoms with Crippen molar-refractivity contribution in [2.24, 2.45) is 10.4 Å². The first-order valence-electron chi connectivity index (χ1n) is 9.75. The first-order valence-corrected chi connectivity index (χ1v) is 11.8. The van der Waals surface area contributed by atoms with Gasteiger partial charge in [0.2, 0.25) is 0 Å². The van der Waals surface area contributed by atoms with Gasteiger partial charge in [-0.15, -0.1) is 0 Å². The molecule has 0 spiro atoms. The average Bonchev–Trinajstić information content (AvgIpc) is 2.64. The molecule has 0 aliphatic heterocycles. The summed E-state index contributed by atoms with van der Waals surface area (Å²) in [7, 11) is -1.18. The number of hydrogen-bond acceptors (Lipinski definition) is 3. The van der Waals surface area contributed by atoms with E-state index in [1.54, 1.807) is 7.05 Å². The molecule has 0 heterocycles. The average molecular weight is 396 g/mol. The number of rotatable bonds is 10. The van der Waals surface area contributed by atoms with Crippen molar-refractivity contribution in [1.29, 1.82) is 0 Å². The summed E-state index contributed by atoms with van der Waals surface area (Å²) in [5.41, 5.74) is 1.27. The number of hydrogen-bond donors (Lipinski definition) is 2. The van der Waals surface area contributed by atoms with Crippen molar-refractivity contribution in [2.75, 3.05) is 32.1 Å². The Bertz CT molecular complexity index is 693. The van der Waals surface area contributed by atoms with Gasteiger partial charge >= 0.3 is 0 Å². The summed E-state index contributed by atoms with van der Waals surface area (Å²) in [6.45, 7) is 10.1. The Labute approximate surface area is 166 Å². The van der Waals surface area contributed by atoms with Gasteiger partial charge in [0.25, 0.3) is 0 Å². The third-order valence-corrected chi connectivity index (χ3v) is 6.39. The van der Waals surface area contributed by atoms with Gasteiger partial charge in [0, 0.05) is 31.8 Å². The van der Waals surface area contributed by atoms with Crippen molar-refractivity contribution < 1.29 is 8.42 Å². The number of sulfone groups is 1. The van der Waals surface area contributed by atoms with Crippen LogP contribution in [0.15, 0.2) is 35.3 Å². The van der Waals surface area contributed by atoms with E-state index in [1.165, 1.54) is 11.8 Å². The highest BCUT2D eigenvalue weighted by Gasteiger charge is 2.28. The highest BCUT2D eigenvalue weighted by molar-refractivity contribution is 7.90. The second-order valence-corrected chi connectivity index (χ2v) is 10.4. The maximum Gasteiger partial charge on any atom is 0.191 e. The van der Waals surface area contributed by atoms with Crippen LogP contribution in [0.1, 0.15) is 52.5 Å². The first kappa shape index (κ1) is 23.5. The van der Waals surface area contributed by atoms with Crippen molar-refractivity contribution in [1.82, 2.24) is 10.6 Å². The van der Waals surface area contributed by atoms with E-state index in [9.17, 15) is 8.42 Å². The van der Waals surface area contributed by atoms with Crippen molar-refractivity contribution >= 4 is 15.8 Å². The van der Waals surface area contributed by atoms with E-state index in [4.69, 9.17) is 0 Å². The Morgan fingerprint density at radius 2 is 1.59 bits per heavy atom. The van der Waals surface area contributed by atoms with Gasteiger partial charge in [0.1, 0.15) is 9.84 Å². The van der Waals surface area contributed by atoms with Gasteiger partial charge < -0.3 is 10.6 Å². The Balaban J connectivity index is 2.70. The third kappa shape index (κ3) is 7.91. The third-order valence-electron chi connectivity index (χ3n) is 5.44. The van der Waals surface area contributed by atoms with Crippen LogP contribution in [0.3, 0.4) is 0 Å². The molecule has 0 unspecified atom stereocenters. The molecule has 1 aromatic carbocycles. The predicted octanol–water partition coefficient (Wildman–Crippen LogP) is 3.37. The maximum absolute atomic E-state index is 11.4. The Hall–Kier alpha value is -1.56. The molecule has 27 heavy (non-hydrogen) atoms. The van der Waals surface area contributed by atoms with Gasteiger partial charge in [-0.2, -0.15) is 0 Å². The molecule has 1 aromatic rings. The molecule has 0 fully saturated rings. The van der Waals surface area contributed by atoms with Gasteiger partial charge in [0.15, 0.2) is 5.96 Å². The molecular formula is C21H37N3O2S. The molecule has 0 amide bonds. The molecule has 0 aliphatic carbocycles. The van der Waals surface area contributed by atoms with Gasteiger partial charge in [-0.05, 0) is 30.2 Å². The molecule has 0 saturated heterocycles. The van der Waals surface area contributed by atoms with E-state index in [1.807, 2.05) is 6.07 Å². The smallest absolute Gasteiger partial charge is 0.191 e. The molecule has 0 atom stereocenters. The number of nitrogens with zero attached hydrogens (tertiary/aromatic N) is 1. The zero-order chi connectivity index (χ0) is 20.6. The molecule has 154 valence electrons. The fourth-order valence-corrected chi connectivity index (χ4v) is 4.07. The number of aliphatic imine (C=N–C) groups is 1. The quantitative estimate of drug-likeness (QED) is 0.471. The summed E-state index contributed by atoms with van der Waals surface area (Å²) in [6, 6.07) is 10.6. The summed E-state index contributed by atoms with van der Waals surface area (Å²) in [4.78, 5) is 4.34. The minimum absolute atomic E-state index is 0.0602. The summed E-state index contributed by atoms with van der Waals surface area (Å²) >= 11 is 0. The van der Waals surface area contributed by atoms with Crippen molar-refractivity contribution in [3.8, 4) is 0 Å². The lowest BCUT2D eigenvalue weighted by molar-refractivity contribution is 0.345. The zero-order valence-corrected chi connectivity index (χ0v) is 18.6. The normalized spacial score (nSPS) is 13.5. The van der Waals surface area contributed by atoms with E-state index < -0.39 is 9.84 Å². The summed E-state index contributed by atoms with van der Waals surface area (Å²) in [5.74, 6) is 0.959. The van der Waals surface area contributed by atoms with Gasteiger partial charge in [-0.25, -0.2) is 8.42 Å². The molecule has 0 aromatic heterocycles. The molecule has 0 aliphatic rings. The zero-order valence-electron chi connectivity index (χ0n) is 17.8. The second kappa shape index (κ2) is 10.1. The first-order chi connectivity index (χ1) is 12.6. The topological polar surface area (TPSA) is 70.6 Å². The Morgan fingerprint density at radius 3 is 2.07 bits per heavy atom. The number of benzene rings is 1.